The van der Waals surface area contributed by atoms with Gasteiger partial charge in [0.2, 0.25) is 5.91 Å². The van der Waals surface area contributed by atoms with Crippen LogP contribution in [-0.4, -0.2) is 10.9 Å². The Morgan fingerprint density at radius 2 is 1.86 bits per heavy atom. The van der Waals surface area contributed by atoms with Crippen molar-refractivity contribution in [2.75, 3.05) is 5.32 Å². The monoisotopic (exact) mass is 340 g/mol. The fourth-order valence-electron chi connectivity index (χ4n) is 2.19. The first-order valence-electron chi connectivity index (χ1n) is 6.60. The van der Waals surface area contributed by atoms with E-state index in [9.17, 15) is 4.79 Å². The molecule has 1 aromatic heterocycles. The molecule has 2 aromatic carbocycles. The van der Waals surface area contributed by atoms with E-state index in [1.807, 2.05) is 30.3 Å². The standard InChI is InChI=1S/C17H13BrN2O/c18-16-8-7-15(11-19-16)20-17(21)10-12-5-6-13-3-1-2-4-14(13)9-12/h1-9,11H,10H2,(H,20,21). The van der Waals surface area contributed by atoms with E-state index < -0.39 is 0 Å². The number of anilines is 1. The fourth-order valence-corrected chi connectivity index (χ4v) is 2.42. The van der Waals surface area contributed by atoms with Crippen molar-refractivity contribution in [3.8, 4) is 0 Å². The van der Waals surface area contributed by atoms with Crippen LogP contribution in [0.3, 0.4) is 0 Å². The quantitative estimate of drug-likeness (QED) is 0.726. The van der Waals surface area contributed by atoms with Crippen LogP contribution in [0.5, 0.6) is 0 Å². The third kappa shape index (κ3) is 3.47. The van der Waals surface area contributed by atoms with Crippen molar-refractivity contribution in [3.05, 3.63) is 71.0 Å². The van der Waals surface area contributed by atoms with Gasteiger partial charge in [0, 0.05) is 0 Å². The molecule has 0 spiro atoms. The number of nitrogens with zero attached hydrogens (tertiary/aromatic N) is 1. The second-order valence-corrected chi connectivity index (χ2v) is 5.59. The van der Waals surface area contributed by atoms with Crippen LogP contribution in [0.1, 0.15) is 5.56 Å². The minimum absolute atomic E-state index is 0.0468. The van der Waals surface area contributed by atoms with Crippen molar-refractivity contribution in [2.45, 2.75) is 6.42 Å². The highest BCUT2D eigenvalue weighted by atomic mass is 79.9. The third-order valence-corrected chi connectivity index (χ3v) is 3.66. The summed E-state index contributed by atoms with van der Waals surface area (Å²) in [7, 11) is 0. The van der Waals surface area contributed by atoms with Crippen LogP contribution in [0.25, 0.3) is 10.8 Å². The van der Waals surface area contributed by atoms with Gasteiger partial charge in [0.05, 0.1) is 18.3 Å². The normalized spacial score (nSPS) is 10.5. The van der Waals surface area contributed by atoms with Crippen LogP contribution < -0.4 is 5.32 Å². The van der Waals surface area contributed by atoms with Crippen LogP contribution >= 0.6 is 15.9 Å². The first-order chi connectivity index (χ1) is 10.2. The lowest BCUT2D eigenvalue weighted by Gasteiger charge is -2.06. The zero-order valence-electron chi connectivity index (χ0n) is 11.2. The summed E-state index contributed by atoms with van der Waals surface area (Å²) in [5, 5.41) is 5.17. The van der Waals surface area contributed by atoms with Crippen LogP contribution in [0.4, 0.5) is 5.69 Å². The Labute approximate surface area is 131 Å². The number of amides is 1. The molecule has 0 saturated carbocycles. The molecule has 0 radical (unpaired) electrons. The van der Waals surface area contributed by atoms with Gasteiger partial charge in [0.25, 0.3) is 0 Å². The molecule has 1 amide bonds. The molecule has 0 unspecified atom stereocenters. The van der Waals surface area contributed by atoms with Crippen molar-refractivity contribution in [2.24, 2.45) is 0 Å². The fraction of sp³-hybridized carbons (Fsp3) is 0.0588. The summed E-state index contributed by atoms with van der Waals surface area (Å²) >= 11 is 3.26. The molecule has 3 nitrogen and oxygen atoms in total. The third-order valence-electron chi connectivity index (χ3n) is 3.19. The summed E-state index contributed by atoms with van der Waals surface area (Å²) in [5.41, 5.74) is 1.69. The van der Waals surface area contributed by atoms with Gasteiger partial charge in [-0.15, -0.1) is 0 Å². The van der Waals surface area contributed by atoms with E-state index >= 15 is 0 Å². The van der Waals surface area contributed by atoms with Crippen LogP contribution in [-0.2, 0) is 11.2 Å². The van der Waals surface area contributed by atoms with E-state index in [2.05, 4.69) is 44.4 Å². The van der Waals surface area contributed by atoms with E-state index in [0.29, 0.717) is 12.1 Å². The molecule has 0 aliphatic rings. The Morgan fingerprint density at radius 1 is 1.05 bits per heavy atom. The Hall–Kier alpha value is -2.20. The second-order valence-electron chi connectivity index (χ2n) is 4.78. The SMILES string of the molecule is O=C(Cc1ccc2ccccc2c1)Nc1ccc(Br)nc1. The van der Waals surface area contributed by atoms with Crippen LogP contribution in [0, 0.1) is 0 Å². The zero-order valence-corrected chi connectivity index (χ0v) is 12.8. The minimum atomic E-state index is -0.0468. The van der Waals surface area contributed by atoms with Crippen molar-refractivity contribution in [1.82, 2.24) is 4.98 Å². The highest BCUT2D eigenvalue weighted by Gasteiger charge is 2.05. The Morgan fingerprint density at radius 3 is 2.62 bits per heavy atom. The average Bonchev–Trinajstić information content (AvgIpc) is 2.49. The molecule has 3 aromatic rings. The number of fused-ring (bicyclic) bond motifs is 1. The molecule has 21 heavy (non-hydrogen) atoms. The molecule has 0 aliphatic carbocycles. The first-order valence-corrected chi connectivity index (χ1v) is 7.39. The van der Waals surface area contributed by atoms with E-state index in [1.54, 1.807) is 12.3 Å². The topological polar surface area (TPSA) is 42.0 Å². The largest absolute Gasteiger partial charge is 0.324 e. The number of carbonyl (C=O) groups excluding carboxylic acids is 1. The summed E-state index contributed by atoms with van der Waals surface area (Å²) in [6.45, 7) is 0. The summed E-state index contributed by atoms with van der Waals surface area (Å²) in [6.07, 6.45) is 1.98. The van der Waals surface area contributed by atoms with Gasteiger partial charge in [-0.25, -0.2) is 4.98 Å². The molecule has 0 atom stereocenters. The summed E-state index contributed by atoms with van der Waals surface area (Å²) in [4.78, 5) is 16.1. The number of carbonyl (C=O) groups is 1. The smallest absolute Gasteiger partial charge is 0.228 e. The molecule has 0 saturated heterocycles. The Balaban J connectivity index is 1.72. The van der Waals surface area contributed by atoms with Gasteiger partial charge in [0.1, 0.15) is 4.60 Å². The number of benzene rings is 2. The van der Waals surface area contributed by atoms with Gasteiger partial charge in [-0.2, -0.15) is 0 Å². The molecule has 1 heterocycles. The van der Waals surface area contributed by atoms with Gasteiger partial charge in [-0.1, -0.05) is 42.5 Å². The molecule has 0 bridgehead atoms. The molecule has 104 valence electrons. The lowest BCUT2D eigenvalue weighted by molar-refractivity contribution is -0.115. The molecule has 0 aliphatic heterocycles. The average molecular weight is 341 g/mol. The van der Waals surface area contributed by atoms with Gasteiger partial charge in [-0.3, -0.25) is 4.79 Å². The number of aromatic nitrogens is 1. The van der Waals surface area contributed by atoms with E-state index in [4.69, 9.17) is 0 Å². The molecule has 3 rings (SSSR count). The zero-order chi connectivity index (χ0) is 14.7. The number of halogens is 1. The molecular formula is C17H13BrN2O. The van der Waals surface area contributed by atoms with E-state index in [-0.39, 0.29) is 5.91 Å². The van der Waals surface area contributed by atoms with E-state index in [0.717, 1.165) is 15.6 Å². The maximum atomic E-state index is 12.1. The molecule has 4 heteroatoms. The number of nitrogens with one attached hydrogen (secondary N) is 1. The lowest BCUT2D eigenvalue weighted by atomic mass is 10.0. The van der Waals surface area contributed by atoms with Gasteiger partial charge in [-0.05, 0) is 44.4 Å². The van der Waals surface area contributed by atoms with Crippen molar-refractivity contribution in [3.63, 3.8) is 0 Å². The van der Waals surface area contributed by atoms with Crippen LogP contribution in [0.2, 0.25) is 0 Å². The Bertz CT molecular complexity index is 784. The number of rotatable bonds is 3. The number of hydrogen-bond acceptors (Lipinski definition) is 2. The van der Waals surface area contributed by atoms with E-state index in [1.165, 1.54) is 5.39 Å². The molecule has 0 fully saturated rings. The highest BCUT2D eigenvalue weighted by molar-refractivity contribution is 9.10. The Kier molecular flexibility index (Phi) is 3.97. The van der Waals surface area contributed by atoms with Crippen LogP contribution in [0.15, 0.2) is 65.4 Å². The summed E-state index contributed by atoms with van der Waals surface area (Å²) in [5.74, 6) is -0.0468. The predicted molar refractivity (Wildman–Crippen MR) is 88.2 cm³/mol. The summed E-state index contributed by atoms with van der Waals surface area (Å²) in [6, 6.07) is 17.8. The van der Waals surface area contributed by atoms with Crippen molar-refractivity contribution < 1.29 is 4.79 Å². The minimum Gasteiger partial charge on any atom is -0.324 e. The highest BCUT2D eigenvalue weighted by Crippen LogP contribution is 2.16. The predicted octanol–water partition coefficient (Wildman–Crippen LogP) is 4.18. The molecular weight excluding hydrogens is 328 g/mol. The van der Waals surface area contributed by atoms with Crippen molar-refractivity contribution in [1.29, 1.82) is 0 Å². The van der Waals surface area contributed by atoms with Gasteiger partial charge < -0.3 is 5.32 Å². The maximum absolute atomic E-state index is 12.1. The number of pyridine rings is 1. The first kappa shape index (κ1) is 13.8. The van der Waals surface area contributed by atoms with Crippen molar-refractivity contribution >= 4 is 38.3 Å². The molecule has 1 N–H and O–H groups in total. The summed E-state index contributed by atoms with van der Waals surface area (Å²) < 4.78 is 0.745. The second kappa shape index (κ2) is 6.06. The maximum Gasteiger partial charge on any atom is 0.228 e. The lowest BCUT2D eigenvalue weighted by Crippen LogP contribution is -2.14. The van der Waals surface area contributed by atoms with Gasteiger partial charge in [0.15, 0.2) is 0 Å². The number of hydrogen-bond donors (Lipinski definition) is 1. The van der Waals surface area contributed by atoms with Gasteiger partial charge >= 0.3 is 0 Å².